The van der Waals surface area contributed by atoms with Crippen LogP contribution >= 0.6 is 0 Å². The molecular formula is C22H24N6O2. The van der Waals surface area contributed by atoms with Crippen LogP contribution in [-0.2, 0) is 0 Å². The summed E-state index contributed by atoms with van der Waals surface area (Å²) in [6, 6.07) is 19.2. The lowest BCUT2D eigenvalue weighted by atomic mass is 10.2. The number of anilines is 4. The molecule has 30 heavy (non-hydrogen) atoms. The van der Waals surface area contributed by atoms with Crippen molar-refractivity contribution in [2.24, 2.45) is 0 Å². The number of nitrogen functional groups attached to an aromatic ring is 1. The molecule has 3 aromatic rings. The number of nitrogens with one attached hydrogen (secondary N) is 1. The van der Waals surface area contributed by atoms with Gasteiger partial charge in [-0.3, -0.25) is 4.79 Å². The Kier molecular flexibility index (Phi) is 5.65. The van der Waals surface area contributed by atoms with Crippen molar-refractivity contribution >= 4 is 28.9 Å². The van der Waals surface area contributed by atoms with Crippen molar-refractivity contribution in [3.05, 3.63) is 66.5 Å². The Labute approximate surface area is 175 Å². The Hall–Kier alpha value is -3.81. The number of nitrogens with zero attached hydrogens (tertiary/aromatic N) is 4. The number of methoxy groups -OCH3 is 1. The van der Waals surface area contributed by atoms with Gasteiger partial charge in [-0.05, 0) is 24.3 Å². The zero-order chi connectivity index (χ0) is 20.9. The molecule has 2 heterocycles. The summed E-state index contributed by atoms with van der Waals surface area (Å²) in [6.45, 7) is 2.71. The highest BCUT2D eigenvalue weighted by atomic mass is 16.5. The van der Waals surface area contributed by atoms with Gasteiger partial charge in [-0.25, -0.2) is 9.97 Å². The second kappa shape index (κ2) is 8.69. The van der Waals surface area contributed by atoms with Crippen LogP contribution in [-0.4, -0.2) is 54.1 Å². The van der Waals surface area contributed by atoms with Gasteiger partial charge in [-0.15, -0.1) is 0 Å². The van der Waals surface area contributed by atoms with E-state index in [0.717, 1.165) is 24.5 Å². The lowest BCUT2D eigenvalue weighted by molar-refractivity contribution is 0.0734. The summed E-state index contributed by atoms with van der Waals surface area (Å²) in [4.78, 5) is 25.6. The smallest absolute Gasteiger partial charge is 0.291 e. The van der Waals surface area contributed by atoms with E-state index >= 15 is 0 Å². The van der Waals surface area contributed by atoms with Gasteiger partial charge in [-0.1, -0.05) is 30.3 Å². The van der Waals surface area contributed by atoms with E-state index in [1.807, 2.05) is 42.5 Å². The number of piperazine rings is 1. The number of hydrogen-bond acceptors (Lipinski definition) is 7. The van der Waals surface area contributed by atoms with Crippen LogP contribution in [0.2, 0.25) is 0 Å². The molecule has 0 spiro atoms. The number of amides is 1. The first-order valence-corrected chi connectivity index (χ1v) is 9.78. The Morgan fingerprint density at radius 1 is 1.00 bits per heavy atom. The third kappa shape index (κ3) is 4.27. The highest BCUT2D eigenvalue weighted by Gasteiger charge is 2.24. The number of benzene rings is 2. The van der Waals surface area contributed by atoms with Crippen molar-refractivity contribution in [1.82, 2.24) is 14.9 Å². The van der Waals surface area contributed by atoms with Gasteiger partial charge >= 0.3 is 0 Å². The predicted molar refractivity (Wildman–Crippen MR) is 117 cm³/mol. The SMILES string of the molecule is COc1ccccc1Nc1cc(N)nc(C(=O)N2CCN(c3ccccc3)CC2)n1. The van der Waals surface area contributed by atoms with Gasteiger partial charge in [0.1, 0.15) is 17.4 Å². The molecule has 0 bridgehead atoms. The topological polar surface area (TPSA) is 96.6 Å². The zero-order valence-corrected chi connectivity index (χ0v) is 16.8. The van der Waals surface area contributed by atoms with Crippen LogP contribution < -0.4 is 20.7 Å². The maximum atomic E-state index is 13.0. The van der Waals surface area contributed by atoms with E-state index in [9.17, 15) is 4.79 Å². The lowest BCUT2D eigenvalue weighted by Crippen LogP contribution is -2.49. The molecule has 1 aromatic heterocycles. The standard InChI is InChI=1S/C22H24N6O2/c1-30-18-10-6-5-9-17(18)24-20-15-19(23)25-21(26-20)22(29)28-13-11-27(12-14-28)16-7-3-2-4-8-16/h2-10,15H,11-14H2,1H3,(H3,23,24,25,26). The van der Waals surface area contributed by atoms with Crippen LogP contribution in [0.15, 0.2) is 60.7 Å². The average Bonchev–Trinajstić information content (AvgIpc) is 2.79. The van der Waals surface area contributed by atoms with Crippen molar-refractivity contribution < 1.29 is 9.53 Å². The summed E-state index contributed by atoms with van der Waals surface area (Å²) in [5, 5.41) is 3.16. The highest BCUT2D eigenvalue weighted by Crippen LogP contribution is 2.27. The molecule has 3 N–H and O–H groups in total. The molecule has 1 saturated heterocycles. The fourth-order valence-corrected chi connectivity index (χ4v) is 3.46. The van der Waals surface area contributed by atoms with Crippen molar-refractivity contribution in [2.45, 2.75) is 0 Å². The van der Waals surface area contributed by atoms with Crippen LogP contribution in [0.3, 0.4) is 0 Å². The van der Waals surface area contributed by atoms with Crippen LogP contribution in [0.25, 0.3) is 0 Å². The maximum Gasteiger partial charge on any atom is 0.291 e. The molecule has 1 amide bonds. The van der Waals surface area contributed by atoms with Crippen molar-refractivity contribution in [1.29, 1.82) is 0 Å². The molecule has 2 aromatic carbocycles. The highest BCUT2D eigenvalue weighted by molar-refractivity contribution is 5.91. The van der Waals surface area contributed by atoms with Crippen LogP contribution in [0.5, 0.6) is 5.75 Å². The molecule has 1 fully saturated rings. The third-order valence-corrected chi connectivity index (χ3v) is 5.00. The number of rotatable bonds is 5. The number of ether oxygens (including phenoxy) is 1. The molecular weight excluding hydrogens is 380 g/mol. The molecule has 4 rings (SSSR count). The predicted octanol–water partition coefficient (Wildman–Crippen LogP) is 2.77. The summed E-state index contributed by atoms with van der Waals surface area (Å²) in [6.07, 6.45) is 0. The quantitative estimate of drug-likeness (QED) is 0.675. The molecule has 0 unspecified atom stereocenters. The second-order valence-corrected chi connectivity index (χ2v) is 6.94. The minimum absolute atomic E-state index is 0.0839. The van der Waals surface area contributed by atoms with Gasteiger partial charge in [0.2, 0.25) is 5.82 Å². The number of carbonyl (C=O) groups excluding carboxylic acids is 1. The molecule has 8 heteroatoms. The van der Waals surface area contributed by atoms with Crippen molar-refractivity contribution in [2.75, 3.05) is 49.2 Å². The van der Waals surface area contributed by atoms with Gasteiger partial charge in [0.25, 0.3) is 5.91 Å². The second-order valence-electron chi connectivity index (χ2n) is 6.94. The molecule has 0 aliphatic carbocycles. The maximum absolute atomic E-state index is 13.0. The third-order valence-electron chi connectivity index (χ3n) is 5.00. The summed E-state index contributed by atoms with van der Waals surface area (Å²) in [7, 11) is 1.60. The molecule has 0 saturated carbocycles. The zero-order valence-electron chi connectivity index (χ0n) is 16.8. The minimum Gasteiger partial charge on any atom is -0.495 e. The number of nitrogens with two attached hydrogens (primary N) is 1. The van der Waals surface area contributed by atoms with E-state index in [4.69, 9.17) is 10.5 Å². The molecule has 154 valence electrons. The Balaban J connectivity index is 1.47. The summed E-state index contributed by atoms with van der Waals surface area (Å²) in [5.74, 6) is 1.20. The summed E-state index contributed by atoms with van der Waals surface area (Å²) in [5.41, 5.74) is 7.84. The summed E-state index contributed by atoms with van der Waals surface area (Å²) >= 11 is 0. The van der Waals surface area contributed by atoms with E-state index in [-0.39, 0.29) is 17.5 Å². The molecule has 1 aliphatic rings. The van der Waals surface area contributed by atoms with Gasteiger partial charge in [0.15, 0.2) is 0 Å². The minimum atomic E-state index is -0.224. The van der Waals surface area contributed by atoms with Gasteiger partial charge in [-0.2, -0.15) is 0 Å². The van der Waals surface area contributed by atoms with Crippen LogP contribution in [0.1, 0.15) is 10.6 Å². The fraction of sp³-hybridized carbons (Fsp3) is 0.227. The van der Waals surface area contributed by atoms with E-state index in [2.05, 4.69) is 32.3 Å². The van der Waals surface area contributed by atoms with E-state index < -0.39 is 0 Å². The molecule has 8 nitrogen and oxygen atoms in total. The van der Waals surface area contributed by atoms with E-state index in [1.165, 1.54) is 0 Å². The number of para-hydroxylation sites is 3. The molecule has 0 radical (unpaired) electrons. The van der Waals surface area contributed by atoms with E-state index in [1.54, 1.807) is 18.1 Å². The first-order chi connectivity index (χ1) is 14.6. The Morgan fingerprint density at radius 2 is 1.70 bits per heavy atom. The number of hydrogen-bond donors (Lipinski definition) is 2. The number of carbonyl (C=O) groups is 1. The van der Waals surface area contributed by atoms with Crippen LogP contribution in [0, 0.1) is 0 Å². The summed E-state index contributed by atoms with van der Waals surface area (Å²) < 4.78 is 5.35. The molecule has 1 aliphatic heterocycles. The first kappa shape index (κ1) is 19.5. The van der Waals surface area contributed by atoms with Gasteiger partial charge in [0, 0.05) is 37.9 Å². The van der Waals surface area contributed by atoms with Crippen molar-refractivity contribution in [3.63, 3.8) is 0 Å². The Morgan fingerprint density at radius 3 is 2.43 bits per heavy atom. The Bertz CT molecular complexity index is 1020. The van der Waals surface area contributed by atoms with Gasteiger partial charge in [0.05, 0.1) is 12.8 Å². The van der Waals surface area contributed by atoms with Gasteiger partial charge < -0.3 is 25.6 Å². The number of aromatic nitrogens is 2. The average molecular weight is 404 g/mol. The normalized spacial score (nSPS) is 13.8. The fourth-order valence-electron chi connectivity index (χ4n) is 3.46. The largest absolute Gasteiger partial charge is 0.495 e. The van der Waals surface area contributed by atoms with Crippen LogP contribution in [0.4, 0.5) is 23.0 Å². The van der Waals surface area contributed by atoms with Crippen molar-refractivity contribution in [3.8, 4) is 5.75 Å². The lowest BCUT2D eigenvalue weighted by Gasteiger charge is -2.35. The monoisotopic (exact) mass is 404 g/mol. The first-order valence-electron chi connectivity index (χ1n) is 9.78. The molecule has 0 atom stereocenters. The van der Waals surface area contributed by atoms with E-state index in [0.29, 0.717) is 24.7 Å².